The maximum Gasteiger partial charge on any atom is 0.337 e. The molecule has 0 aromatic rings. The van der Waals surface area contributed by atoms with Crippen molar-refractivity contribution in [2.75, 3.05) is 32.9 Å². The molecular formula is C21H30N2O7. The third-order valence-corrected chi connectivity index (χ3v) is 5.03. The van der Waals surface area contributed by atoms with Crippen LogP contribution in [-0.4, -0.2) is 61.6 Å². The van der Waals surface area contributed by atoms with Crippen LogP contribution in [0.25, 0.3) is 0 Å². The van der Waals surface area contributed by atoms with Gasteiger partial charge in [-0.25, -0.2) is 9.59 Å². The average Bonchev–Trinajstić information content (AvgIpc) is 2.72. The molecule has 0 aliphatic carbocycles. The number of hydrogen-bond acceptors (Lipinski definition) is 8. The highest BCUT2D eigenvalue weighted by molar-refractivity contribution is 6.05. The van der Waals surface area contributed by atoms with Crippen LogP contribution < -0.4 is 5.32 Å². The fourth-order valence-corrected chi connectivity index (χ4v) is 3.64. The summed E-state index contributed by atoms with van der Waals surface area (Å²) in [6, 6.07) is 0. The smallest absolute Gasteiger partial charge is 0.337 e. The summed E-state index contributed by atoms with van der Waals surface area (Å²) in [5, 5.41) is 2.93. The monoisotopic (exact) mass is 422 g/mol. The second kappa shape index (κ2) is 10.8. The first-order valence-corrected chi connectivity index (χ1v) is 10.3. The summed E-state index contributed by atoms with van der Waals surface area (Å²) >= 11 is 0. The summed E-state index contributed by atoms with van der Waals surface area (Å²) in [6.07, 6.45) is 2.90. The molecule has 0 bridgehead atoms. The van der Waals surface area contributed by atoms with Crippen molar-refractivity contribution in [3.63, 3.8) is 0 Å². The molecule has 0 spiro atoms. The van der Waals surface area contributed by atoms with Gasteiger partial charge in [0.1, 0.15) is 5.92 Å². The van der Waals surface area contributed by atoms with E-state index < -0.39 is 30.4 Å². The molecule has 0 aromatic heterocycles. The number of nitrogens with one attached hydrogen (secondary N) is 1. The quantitative estimate of drug-likeness (QED) is 0.485. The Hall–Kier alpha value is -2.84. The van der Waals surface area contributed by atoms with Gasteiger partial charge in [0.05, 0.1) is 24.4 Å². The first-order chi connectivity index (χ1) is 14.3. The minimum atomic E-state index is -1.33. The van der Waals surface area contributed by atoms with Crippen molar-refractivity contribution >= 4 is 23.8 Å². The van der Waals surface area contributed by atoms with Crippen molar-refractivity contribution in [3.05, 3.63) is 22.5 Å². The largest absolute Gasteiger partial charge is 0.463 e. The maximum atomic E-state index is 13.0. The summed E-state index contributed by atoms with van der Waals surface area (Å²) < 4.78 is 15.4. The van der Waals surface area contributed by atoms with Crippen LogP contribution in [0.3, 0.4) is 0 Å². The van der Waals surface area contributed by atoms with Crippen LogP contribution in [0, 0.1) is 5.92 Å². The molecule has 2 aliphatic rings. The Morgan fingerprint density at radius 1 is 0.867 bits per heavy atom. The molecule has 9 nitrogen and oxygen atoms in total. The number of carbonyl (C=O) groups excluding carboxylic acids is 4. The number of amides is 1. The standard InChI is InChI=1S/C21H30N2O7/c1-5-28-19(25)16-13(3)22-14(4)17(20(26)29-6-2)18(16)21(27)30-12-15(24)23-10-8-7-9-11-23/h18,22H,5-12H2,1-4H3. The van der Waals surface area contributed by atoms with Gasteiger partial charge < -0.3 is 24.4 Å². The lowest BCUT2D eigenvalue weighted by Crippen LogP contribution is -2.41. The summed E-state index contributed by atoms with van der Waals surface area (Å²) in [7, 11) is 0. The normalized spacial score (nSPS) is 17.4. The molecule has 2 heterocycles. The Kier molecular flexibility index (Phi) is 8.44. The van der Waals surface area contributed by atoms with E-state index >= 15 is 0 Å². The lowest BCUT2D eigenvalue weighted by molar-refractivity contribution is -0.156. The van der Waals surface area contributed by atoms with Crippen LogP contribution in [0.1, 0.15) is 47.0 Å². The highest BCUT2D eigenvalue weighted by Crippen LogP contribution is 2.32. The maximum absolute atomic E-state index is 13.0. The molecule has 0 radical (unpaired) electrons. The van der Waals surface area contributed by atoms with Gasteiger partial charge in [0.2, 0.25) is 0 Å². The molecule has 9 heteroatoms. The minimum Gasteiger partial charge on any atom is -0.463 e. The van der Waals surface area contributed by atoms with Gasteiger partial charge in [0.15, 0.2) is 6.61 Å². The second-order valence-electron chi connectivity index (χ2n) is 7.13. The zero-order valence-corrected chi connectivity index (χ0v) is 18.0. The van der Waals surface area contributed by atoms with Crippen LogP contribution in [-0.2, 0) is 33.4 Å². The molecule has 0 atom stereocenters. The average molecular weight is 422 g/mol. The summed E-state index contributed by atoms with van der Waals surface area (Å²) in [4.78, 5) is 52.2. The van der Waals surface area contributed by atoms with Gasteiger partial charge in [-0.2, -0.15) is 0 Å². The lowest BCUT2D eigenvalue weighted by Gasteiger charge is -2.29. The van der Waals surface area contributed by atoms with Gasteiger partial charge in [-0.1, -0.05) is 0 Å². The molecule has 0 aromatic carbocycles. The number of nitrogens with zero attached hydrogens (tertiary/aromatic N) is 1. The van der Waals surface area contributed by atoms with Gasteiger partial charge in [-0.05, 0) is 47.0 Å². The number of allylic oxidation sites excluding steroid dienone is 2. The third kappa shape index (κ3) is 5.40. The van der Waals surface area contributed by atoms with Crippen LogP contribution in [0.4, 0.5) is 0 Å². The molecule has 166 valence electrons. The number of dihydropyridines is 1. The van der Waals surface area contributed by atoms with E-state index in [9.17, 15) is 19.2 Å². The van der Waals surface area contributed by atoms with Crippen LogP contribution in [0.5, 0.6) is 0 Å². The van der Waals surface area contributed by atoms with E-state index in [0.717, 1.165) is 19.3 Å². The molecule has 1 amide bonds. The number of piperidine rings is 1. The Bertz CT molecular complexity index is 723. The van der Waals surface area contributed by atoms with Crippen molar-refractivity contribution in [1.82, 2.24) is 10.2 Å². The van der Waals surface area contributed by atoms with Gasteiger partial charge in [-0.3, -0.25) is 9.59 Å². The molecule has 1 fully saturated rings. The van der Waals surface area contributed by atoms with Crippen molar-refractivity contribution < 1.29 is 33.4 Å². The Morgan fingerprint density at radius 2 is 1.37 bits per heavy atom. The summed E-state index contributed by atoms with van der Waals surface area (Å²) in [5.41, 5.74) is 0.702. The van der Waals surface area contributed by atoms with Crippen LogP contribution in [0.2, 0.25) is 0 Å². The Labute approximate surface area is 176 Å². The van der Waals surface area contributed by atoms with E-state index in [4.69, 9.17) is 14.2 Å². The highest BCUT2D eigenvalue weighted by atomic mass is 16.5. The van der Waals surface area contributed by atoms with E-state index in [2.05, 4.69) is 5.32 Å². The fourth-order valence-electron chi connectivity index (χ4n) is 3.64. The molecular weight excluding hydrogens is 392 g/mol. The number of esters is 3. The molecule has 30 heavy (non-hydrogen) atoms. The van der Waals surface area contributed by atoms with Crippen LogP contribution >= 0.6 is 0 Å². The van der Waals surface area contributed by atoms with E-state index in [1.54, 1.807) is 32.6 Å². The van der Waals surface area contributed by atoms with Crippen molar-refractivity contribution in [3.8, 4) is 0 Å². The molecule has 2 rings (SSSR count). The molecule has 0 saturated carbocycles. The van der Waals surface area contributed by atoms with Crippen molar-refractivity contribution in [2.45, 2.75) is 47.0 Å². The molecule has 0 unspecified atom stereocenters. The van der Waals surface area contributed by atoms with E-state index in [1.807, 2.05) is 0 Å². The Morgan fingerprint density at radius 3 is 1.83 bits per heavy atom. The van der Waals surface area contributed by atoms with E-state index in [-0.39, 0.29) is 30.3 Å². The predicted octanol–water partition coefficient (Wildman–Crippen LogP) is 1.44. The number of rotatable bonds is 7. The zero-order chi connectivity index (χ0) is 22.3. The second-order valence-corrected chi connectivity index (χ2v) is 7.13. The molecule has 1 saturated heterocycles. The Balaban J connectivity index is 2.27. The SMILES string of the molecule is CCOC(=O)C1=C(C)NC(C)=C(C(=O)OCC)C1C(=O)OCC(=O)N1CCCCC1. The molecule has 1 N–H and O–H groups in total. The highest BCUT2D eigenvalue weighted by Gasteiger charge is 2.42. The van der Waals surface area contributed by atoms with Crippen molar-refractivity contribution in [2.24, 2.45) is 5.92 Å². The van der Waals surface area contributed by atoms with Gasteiger partial charge in [0.25, 0.3) is 5.91 Å². The van der Waals surface area contributed by atoms with Gasteiger partial charge >= 0.3 is 17.9 Å². The first kappa shape index (κ1) is 23.4. The van der Waals surface area contributed by atoms with E-state index in [0.29, 0.717) is 24.5 Å². The number of ether oxygens (including phenoxy) is 3. The lowest BCUT2D eigenvalue weighted by atomic mass is 9.85. The van der Waals surface area contributed by atoms with Crippen LogP contribution in [0.15, 0.2) is 22.5 Å². The summed E-state index contributed by atoms with van der Waals surface area (Å²) in [6.45, 7) is 7.50. The van der Waals surface area contributed by atoms with Crippen molar-refractivity contribution in [1.29, 1.82) is 0 Å². The number of hydrogen-bond donors (Lipinski definition) is 1. The van der Waals surface area contributed by atoms with Gasteiger partial charge in [0, 0.05) is 24.5 Å². The number of likely N-dealkylation sites (tertiary alicyclic amines) is 1. The molecule has 2 aliphatic heterocycles. The zero-order valence-electron chi connectivity index (χ0n) is 18.0. The van der Waals surface area contributed by atoms with E-state index in [1.165, 1.54) is 0 Å². The predicted molar refractivity (Wildman–Crippen MR) is 107 cm³/mol. The number of carbonyl (C=O) groups is 4. The minimum absolute atomic E-state index is 0.0269. The third-order valence-electron chi connectivity index (χ3n) is 5.03. The van der Waals surface area contributed by atoms with Gasteiger partial charge in [-0.15, -0.1) is 0 Å². The topological polar surface area (TPSA) is 111 Å². The fraction of sp³-hybridized carbons (Fsp3) is 0.619. The first-order valence-electron chi connectivity index (χ1n) is 10.3. The summed E-state index contributed by atoms with van der Waals surface area (Å²) in [5.74, 6) is -3.97.